The zero-order chi connectivity index (χ0) is 19.1. The number of nitrogens with one attached hydrogen (secondary N) is 1. The monoisotopic (exact) mass is 379 g/mol. The SMILES string of the molecule is Cc1nnnn1-c1ccc(-c2ccc(O[C@@H]3C[C@H]4CC[C@@H](C3)N4)nn2)c(O)c1. The summed E-state index contributed by atoms with van der Waals surface area (Å²) in [7, 11) is 0. The van der Waals surface area contributed by atoms with Crippen molar-refractivity contribution in [3.8, 4) is 28.6 Å². The molecule has 0 unspecified atom stereocenters. The molecule has 0 saturated carbocycles. The van der Waals surface area contributed by atoms with Gasteiger partial charge in [0, 0.05) is 29.8 Å². The molecule has 9 heteroatoms. The molecule has 2 bridgehead atoms. The van der Waals surface area contributed by atoms with Crippen molar-refractivity contribution in [2.24, 2.45) is 0 Å². The number of aryl methyl sites for hydroxylation is 1. The van der Waals surface area contributed by atoms with Crippen molar-refractivity contribution in [1.29, 1.82) is 0 Å². The summed E-state index contributed by atoms with van der Waals surface area (Å²) in [6.07, 6.45) is 4.67. The Bertz CT molecular complexity index is 976. The van der Waals surface area contributed by atoms with E-state index in [0.29, 0.717) is 40.7 Å². The van der Waals surface area contributed by atoms with E-state index in [4.69, 9.17) is 4.74 Å². The van der Waals surface area contributed by atoms with Gasteiger partial charge < -0.3 is 15.2 Å². The third-order valence-corrected chi connectivity index (χ3v) is 5.48. The van der Waals surface area contributed by atoms with E-state index in [-0.39, 0.29) is 11.9 Å². The van der Waals surface area contributed by atoms with E-state index in [9.17, 15) is 5.11 Å². The average Bonchev–Trinajstić information content (AvgIpc) is 3.27. The molecule has 2 aliphatic heterocycles. The summed E-state index contributed by atoms with van der Waals surface area (Å²) in [6.45, 7) is 1.79. The van der Waals surface area contributed by atoms with Crippen molar-refractivity contribution in [1.82, 2.24) is 35.7 Å². The number of rotatable bonds is 4. The van der Waals surface area contributed by atoms with Crippen LogP contribution in [0.2, 0.25) is 0 Å². The fourth-order valence-electron chi connectivity index (χ4n) is 4.14. The van der Waals surface area contributed by atoms with Gasteiger partial charge in [-0.2, -0.15) is 4.68 Å². The van der Waals surface area contributed by atoms with Gasteiger partial charge in [0.25, 0.3) is 0 Å². The largest absolute Gasteiger partial charge is 0.507 e. The number of tetrazole rings is 1. The van der Waals surface area contributed by atoms with Crippen molar-refractivity contribution >= 4 is 0 Å². The fraction of sp³-hybridized carbons (Fsp3) is 0.421. The quantitative estimate of drug-likeness (QED) is 0.706. The first-order valence-electron chi connectivity index (χ1n) is 9.51. The predicted molar refractivity (Wildman–Crippen MR) is 100 cm³/mol. The van der Waals surface area contributed by atoms with Gasteiger partial charge in [0.15, 0.2) is 5.82 Å². The van der Waals surface area contributed by atoms with E-state index < -0.39 is 0 Å². The first-order chi connectivity index (χ1) is 13.7. The third kappa shape index (κ3) is 3.18. The number of hydrogen-bond acceptors (Lipinski definition) is 8. The lowest BCUT2D eigenvalue weighted by Gasteiger charge is -2.28. The molecule has 5 rings (SSSR count). The van der Waals surface area contributed by atoms with Crippen LogP contribution < -0.4 is 10.1 Å². The number of benzene rings is 1. The van der Waals surface area contributed by atoms with Gasteiger partial charge in [0.2, 0.25) is 5.88 Å². The van der Waals surface area contributed by atoms with E-state index >= 15 is 0 Å². The summed E-state index contributed by atoms with van der Waals surface area (Å²) in [5.41, 5.74) is 1.85. The van der Waals surface area contributed by atoms with Crippen molar-refractivity contribution in [3.63, 3.8) is 0 Å². The highest BCUT2D eigenvalue weighted by Gasteiger charge is 2.34. The Morgan fingerprint density at radius 3 is 2.54 bits per heavy atom. The maximum Gasteiger partial charge on any atom is 0.233 e. The second-order valence-corrected chi connectivity index (χ2v) is 7.45. The molecule has 4 heterocycles. The lowest BCUT2D eigenvalue weighted by atomic mass is 10.0. The van der Waals surface area contributed by atoms with Crippen LogP contribution in [0.1, 0.15) is 31.5 Å². The van der Waals surface area contributed by atoms with Gasteiger partial charge in [-0.3, -0.25) is 0 Å². The summed E-state index contributed by atoms with van der Waals surface area (Å²) in [6, 6.07) is 9.97. The standard InChI is InChI=1S/C19H21N7O2/c1-11-21-24-25-26(11)14-4-5-16(18(27)10-14)17-6-7-19(23-22-17)28-15-8-12-2-3-13(9-15)20-12/h4-7,10,12-13,15,20,27H,2-3,8-9H2,1H3/t12-,13+,15-. The number of nitrogens with zero attached hydrogens (tertiary/aromatic N) is 6. The highest BCUT2D eigenvalue weighted by molar-refractivity contribution is 5.68. The normalized spacial score (nSPS) is 23.7. The molecule has 144 valence electrons. The van der Waals surface area contributed by atoms with Crippen LogP contribution in [0.5, 0.6) is 11.6 Å². The number of fused-ring (bicyclic) bond motifs is 2. The van der Waals surface area contributed by atoms with Crippen LogP contribution in [0.3, 0.4) is 0 Å². The number of hydrogen-bond donors (Lipinski definition) is 2. The minimum atomic E-state index is 0.0882. The molecule has 0 amide bonds. The topological polar surface area (TPSA) is 111 Å². The molecule has 2 N–H and O–H groups in total. The Morgan fingerprint density at radius 2 is 1.89 bits per heavy atom. The summed E-state index contributed by atoms with van der Waals surface area (Å²) in [4.78, 5) is 0. The van der Waals surface area contributed by atoms with Crippen molar-refractivity contribution in [2.75, 3.05) is 0 Å². The predicted octanol–water partition coefficient (Wildman–Crippen LogP) is 1.80. The summed E-state index contributed by atoms with van der Waals surface area (Å²) >= 11 is 0. The molecule has 0 radical (unpaired) electrons. The maximum atomic E-state index is 10.4. The molecule has 1 aromatic carbocycles. The number of aromatic nitrogens is 6. The Labute approximate surface area is 161 Å². The summed E-state index contributed by atoms with van der Waals surface area (Å²) in [5, 5.41) is 33.9. The first kappa shape index (κ1) is 17.1. The summed E-state index contributed by atoms with van der Waals surface area (Å²) < 4.78 is 7.59. The minimum Gasteiger partial charge on any atom is -0.507 e. The van der Waals surface area contributed by atoms with E-state index in [1.807, 2.05) is 18.2 Å². The molecule has 3 aromatic rings. The van der Waals surface area contributed by atoms with Gasteiger partial charge in [0.05, 0.1) is 11.4 Å². The van der Waals surface area contributed by atoms with E-state index in [1.54, 1.807) is 23.7 Å². The van der Waals surface area contributed by atoms with Crippen molar-refractivity contribution < 1.29 is 9.84 Å². The van der Waals surface area contributed by atoms with Crippen LogP contribution in [0.15, 0.2) is 30.3 Å². The Morgan fingerprint density at radius 1 is 1.07 bits per heavy atom. The van der Waals surface area contributed by atoms with Crippen molar-refractivity contribution in [3.05, 3.63) is 36.2 Å². The highest BCUT2D eigenvalue weighted by atomic mass is 16.5. The molecule has 2 aliphatic rings. The zero-order valence-electron chi connectivity index (χ0n) is 15.5. The molecule has 2 saturated heterocycles. The van der Waals surface area contributed by atoms with Crippen LogP contribution >= 0.6 is 0 Å². The van der Waals surface area contributed by atoms with Gasteiger partial charge in [-0.05, 0) is 61.2 Å². The van der Waals surface area contributed by atoms with Crippen LogP contribution in [0.4, 0.5) is 0 Å². The minimum absolute atomic E-state index is 0.0882. The fourth-order valence-corrected chi connectivity index (χ4v) is 4.14. The number of ether oxygens (including phenoxy) is 1. The van der Waals surface area contributed by atoms with Gasteiger partial charge in [-0.1, -0.05) is 0 Å². The average molecular weight is 379 g/mol. The van der Waals surface area contributed by atoms with Crippen LogP contribution in [-0.2, 0) is 0 Å². The smallest absolute Gasteiger partial charge is 0.233 e. The van der Waals surface area contributed by atoms with E-state index in [0.717, 1.165) is 12.8 Å². The molecule has 2 fully saturated rings. The highest BCUT2D eigenvalue weighted by Crippen LogP contribution is 2.31. The summed E-state index contributed by atoms with van der Waals surface area (Å²) in [5.74, 6) is 1.25. The van der Waals surface area contributed by atoms with E-state index in [1.165, 1.54) is 12.8 Å². The number of piperidine rings is 1. The number of phenolic OH excluding ortho intramolecular Hbond substituents is 1. The molecular weight excluding hydrogens is 358 g/mol. The van der Waals surface area contributed by atoms with Gasteiger partial charge in [-0.15, -0.1) is 15.3 Å². The molecule has 28 heavy (non-hydrogen) atoms. The second-order valence-electron chi connectivity index (χ2n) is 7.45. The molecule has 0 spiro atoms. The number of aromatic hydroxyl groups is 1. The molecule has 2 aromatic heterocycles. The van der Waals surface area contributed by atoms with Gasteiger partial charge >= 0.3 is 0 Å². The Hall–Kier alpha value is -3.07. The van der Waals surface area contributed by atoms with Gasteiger partial charge in [-0.25, -0.2) is 0 Å². The Balaban J connectivity index is 1.32. The van der Waals surface area contributed by atoms with Crippen LogP contribution in [0.25, 0.3) is 16.9 Å². The molecule has 9 nitrogen and oxygen atoms in total. The number of phenols is 1. The molecule has 0 aliphatic carbocycles. The maximum absolute atomic E-state index is 10.4. The second kappa shape index (κ2) is 6.83. The van der Waals surface area contributed by atoms with Crippen LogP contribution in [0, 0.1) is 6.92 Å². The molecular formula is C19H21N7O2. The zero-order valence-corrected chi connectivity index (χ0v) is 15.5. The first-order valence-corrected chi connectivity index (χ1v) is 9.51. The Kier molecular flexibility index (Phi) is 4.16. The van der Waals surface area contributed by atoms with Crippen LogP contribution in [-0.4, -0.2) is 53.7 Å². The molecule has 3 atom stereocenters. The van der Waals surface area contributed by atoms with Gasteiger partial charge in [0.1, 0.15) is 11.9 Å². The van der Waals surface area contributed by atoms with E-state index in [2.05, 4.69) is 31.0 Å². The lowest BCUT2D eigenvalue weighted by Crippen LogP contribution is -2.42. The lowest BCUT2D eigenvalue weighted by molar-refractivity contribution is 0.130. The third-order valence-electron chi connectivity index (χ3n) is 5.48. The van der Waals surface area contributed by atoms with Crippen molar-refractivity contribution in [2.45, 2.75) is 50.8 Å².